The van der Waals surface area contributed by atoms with Gasteiger partial charge in [0, 0.05) is 6.04 Å². The third-order valence-electron chi connectivity index (χ3n) is 4.85. The first-order valence-electron chi connectivity index (χ1n) is 8.57. The standard InChI is InChI=1S/C20H27N/c1-2-13-21-19-11-5-7-16(15-19)14-18-10-6-9-17-8-3-4-12-20(17)18/h3-4,6,8-10,12,16,19,21H,2,5,7,11,13-15H2,1H3. The van der Waals surface area contributed by atoms with E-state index in [1.807, 2.05) is 0 Å². The van der Waals surface area contributed by atoms with Crippen LogP contribution in [-0.4, -0.2) is 12.6 Å². The Morgan fingerprint density at radius 2 is 1.90 bits per heavy atom. The van der Waals surface area contributed by atoms with Gasteiger partial charge in [-0.1, -0.05) is 62.2 Å². The molecule has 0 aliphatic heterocycles. The summed E-state index contributed by atoms with van der Waals surface area (Å²) < 4.78 is 0. The fourth-order valence-electron chi connectivity index (χ4n) is 3.79. The summed E-state index contributed by atoms with van der Waals surface area (Å²) in [6, 6.07) is 16.3. The fourth-order valence-corrected chi connectivity index (χ4v) is 3.79. The largest absolute Gasteiger partial charge is 0.314 e. The van der Waals surface area contributed by atoms with E-state index in [1.165, 1.54) is 61.4 Å². The van der Waals surface area contributed by atoms with Crippen LogP contribution in [0, 0.1) is 5.92 Å². The van der Waals surface area contributed by atoms with E-state index in [4.69, 9.17) is 0 Å². The van der Waals surface area contributed by atoms with Crippen molar-refractivity contribution in [3.63, 3.8) is 0 Å². The summed E-state index contributed by atoms with van der Waals surface area (Å²) >= 11 is 0. The van der Waals surface area contributed by atoms with Crippen LogP contribution in [-0.2, 0) is 6.42 Å². The van der Waals surface area contributed by atoms with E-state index < -0.39 is 0 Å². The van der Waals surface area contributed by atoms with Crippen LogP contribution >= 0.6 is 0 Å². The van der Waals surface area contributed by atoms with E-state index in [2.05, 4.69) is 54.7 Å². The van der Waals surface area contributed by atoms with Gasteiger partial charge in [0.25, 0.3) is 0 Å². The van der Waals surface area contributed by atoms with Gasteiger partial charge in [-0.15, -0.1) is 0 Å². The second-order valence-electron chi connectivity index (χ2n) is 6.53. The molecule has 0 spiro atoms. The monoisotopic (exact) mass is 281 g/mol. The Bertz CT molecular complexity index is 570. The molecule has 2 atom stereocenters. The molecule has 1 aliphatic rings. The van der Waals surface area contributed by atoms with Gasteiger partial charge in [-0.25, -0.2) is 0 Å². The molecule has 1 aliphatic carbocycles. The van der Waals surface area contributed by atoms with Crippen LogP contribution in [0.4, 0.5) is 0 Å². The maximum Gasteiger partial charge on any atom is 0.00698 e. The summed E-state index contributed by atoms with van der Waals surface area (Å²) in [6.45, 7) is 3.43. The van der Waals surface area contributed by atoms with E-state index in [0.29, 0.717) is 0 Å². The van der Waals surface area contributed by atoms with Crippen molar-refractivity contribution >= 4 is 10.8 Å². The molecule has 1 heteroatoms. The zero-order chi connectivity index (χ0) is 14.5. The number of rotatable bonds is 5. The molecule has 0 aromatic heterocycles. The van der Waals surface area contributed by atoms with Crippen molar-refractivity contribution in [3.8, 4) is 0 Å². The summed E-state index contributed by atoms with van der Waals surface area (Å²) in [4.78, 5) is 0. The van der Waals surface area contributed by atoms with Crippen molar-refractivity contribution in [2.75, 3.05) is 6.54 Å². The predicted octanol–water partition coefficient (Wildman–Crippen LogP) is 4.94. The van der Waals surface area contributed by atoms with Gasteiger partial charge in [-0.05, 0) is 54.5 Å². The molecule has 3 rings (SSSR count). The highest BCUT2D eigenvalue weighted by atomic mass is 14.9. The average Bonchev–Trinajstić information content (AvgIpc) is 2.54. The Balaban J connectivity index is 1.70. The van der Waals surface area contributed by atoms with Crippen LogP contribution in [0.2, 0.25) is 0 Å². The number of benzene rings is 2. The summed E-state index contributed by atoms with van der Waals surface area (Å²) in [5.41, 5.74) is 1.54. The van der Waals surface area contributed by atoms with Gasteiger partial charge in [0.05, 0.1) is 0 Å². The van der Waals surface area contributed by atoms with E-state index >= 15 is 0 Å². The number of fused-ring (bicyclic) bond motifs is 1. The Labute approximate surface area is 128 Å². The van der Waals surface area contributed by atoms with Crippen molar-refractivity contribution in [2.45, 2.75) is 51.5 Å². The Morgan fingerprint density at radius 1 is 1.05 bits per heavy atom. The molecule has 1 fully saturated rings. The highest BCUT2D eigenvalue weighted by Crippen LogP contribution is 2.30. The molecule has 21 heavy (non-hydrogen) atoms. The molecule has 1 saturated carbocycles. The normalized spacial score (nSPS) is 22.5. The molecule has 0 bridgehead atoms. The van der Waals surface area contributed by atoms with E-state index in [-0.39, 0.29) is 0 Å². The van der Waals surface area contributed by atoms with Gasteiger partial charge in [-0.2, -0.15) is 0 Å². The van der Waals surface area contributed by atoms with Crippen LogP contribution in [0.25, 0.3) is 10.8 Å². The lowest BCUT2D eigenvalue weighted by Crippen LogP contribution is -2.35. The first-order chi connectivity index (χ1) is 10.4. The third-order valence-corrected chi connectivity index (χ3v) is 4.85. The fraction of sp³-hybridized carbons (Fsp3) is 0.500. The van der Waals surface area contributed by atoms with Crippen LogP contribution in [0.5, 0.6) is 0 Å². The lowest BCUT2D eigenvalue weighted by atomic mass is 9.81. The predicted molar refractivity (Wildman–Crippen MR) is 91.7 cm³/mol. The minimum atomic E-state index is 0.749. The highest BCUT2D eigenvalue weighted by Gasteiger charge is 2.22. The molecule has 112 valence electrons. The van der Waals surface area contributed by atoms with Gasteiger partial charge in [-0.3, -0.25) is 0 Å². The number of hydrogen-bond donors (Lipinski definition) is 1. The SMILES string of the molecule is CCCNC1CCCC(Cc2cccc3ccccc23)C1. The van der Waals surface area contributed by atoms with Gasteiger partial charge in [0.15, 0.2) is 0 Å². The van der Waals surface area contributed by atoms with E-state index in [1.54, 1.807) is 0 Å². The van der Waals surface area contributed by atoms with Crippen LogP contribution < -0.4 is 5.32 Å². The zero-order valence-corrected chi connectivity index (χ0v) is 13.1. The molecule has 1 N–H and O–H groups in total. The Hall–Kier alpha value is -1.34. The van der Waals surface area contributed by atoms with Crippen molar-refractivity contribution in [3.05, 3.63) is 48.0 Å². The lowest BCUT2D eigenvalue weighted by Gasteiger charge is -2.30. The molecular formula is C20H27N. The van der Waals surface area contributed by atoms with Gasteiger partial charge >= 0.3 is 0 Å². The Kier molecular flexibility index (Phi) is 4.92. The molecule has 2 aromatic carbocycles. The van der Waals surface area contributed by atoms with E-state index in [9.17, 15) is 0 Å². The second kappa shape index (κ2) is 7.09. The van der Waals surface area contributed by atoms with Crippen molar-refractivity contribution in [1.29, 1.82) is 0 Å². The van der Waals surface area contributed by atoms with Gasteiger partial charge in [0.2, 0.25) is 0 Å². The molecule has 0 heterocycles. The van der Waals surface area contributed by atoms with Crippen LogP contribution in [0.15, 0.2) is 42.5 Å². The molecule has 2 unspecified atom stereocenters. The van der Waals surface area contributed by atoms with Gasteiger partial charge < -0.3 is 5.32 Å². The maximum absolute atomic E-state index is 3.72. The first-order valence-corrected chi connectivity index (χ1v) is 8.57. The molecule has 0 amide bonds. The molecular weight excluding hydrogens is 254 g/mol. The zero-order valence-electron chi connectivity index (χ0n) is 13.1. The highest BCUT2D eigenvalue weighted by molar-refractivity contribution is 5.85. The first kappa shape index (κ1) is 14.6. The second-order valence-corrected chi connectivity index (χ2v) is 6.53. The molecule has 0 radical (unpaired) electrons. The topological polar surface area (TPSA) is 12.0 Å². The minimum Gasteiger partial charge on any atom is -0.314 e. The lowest BCUT2D eigenvalue weighted by molar-refractivity contribution is 0.285. The summed E-state index contributed by atoms with van der Waals surface area (Å²) in [5.74, 6) is 0.846. The van der Waals surface area contributed by atoms with E-state index in [0.717, 1.165) is 12.0 Å². The van der Waals surface area contributed by atoms with Crippen LogP contribution in [0.3, 0.4) is 0 Å². The maximum atomic E-state index is 3.72. The van der Waals surface area contributed by atoms with Crippen molar-refractivity contribution in [2.24, 2.45) is 5.92 Å². The average molecular weight is 281 g/mol. The summed E-state index contributed by atoms with van der Waals surface area (Å²) in [6.07, 6.45) is 7.98. The van der Waals surface area contributed by atoms with Crippen LogP contribution in [0.1, 0.15) is 44.6 Å². The Morgan fingerprint density at radius 3 is 2.81 bits per heavy atom. The molecule has 0 saturated heterocycles. The number of hydrogen-bond acceptors (Lipinski definition) is 1. The molecule has 2 aromatic rings. The summed E-state index contributed by atoms with van der Waals surface area (Å²) in [5, 5.41) is 6.55. The quantitative estimate of drug-likeness (QED) is 0.818. The van der Waals surface area contributed by atoms with Crippen molar-refractivity contribution < 1.29 is 0 Å². The number of nitrogens with one attached hydrogen (secondary N) is 1. The van der Waals surface area contributed by atoms with Gasteiger partial charge in [0.1, 0.15) is 0 Å². The summed E-state index contributed by atoms with van der Waals surface area (Å²) in [7, 11) is 0. The smallest absolute Gasteiger partial charge is 0.00698 e. The third kappa shape index (κ3) is 3.65. The molecule has 1 nitrogen and oxygen atoms in total. The minimum absolute atomic E-state index is 0.749. The van der Waals surface area contributed by atoms with Crippen molar-refractivity contribution in [1.82, 2.24) is 5.32 Å².